The predicted octanol–water partition coefficient (Wildman–Crippen LogP) is 1.86. The molecule has 94 valence electrons. The van der Waals surface area contributed by atoms with E-state index in [-0.39, 0.29) is 0 Å². The van der Waals surface area contributed by atoms with Crippen LogP contribution in [0, 0.1) is 11.8 Å². The van der Waals surface area contributed by atoms with E-state index in [4.69, 9.17) is 0 Å². The molecule has 2 heterocycles. The number of likely N-dealkylation sites (tertiary alicyclic amines) is 1. The third kappa shape index (κ3) is 2.93. The highest BCUT2D eigenvalue weighted by molar-refractivity contribution is 5.33. The van der Waals surface area contributed by atoms with Crippen molar-refractivity contribution in [1.82, 2.24) is 10.2 Å². The molecule has 2 nitrogen and oxygen atoms in total. The Morgan fingerprint density at radius 3 is 2.83 bits per heavy atom. The molecule has 2 bridgehead atoms. The smallest absolute Gasteiger partial charge is 0.0605 e. The fourth-order valence-electron chi connectivity index (χ4n) is 2.93. The number of fused-ring (bicyclic) bond motifs is 2. The van der Waals surface area contributed by atoms with Gasteiger partial charge < -0.3 is 5.32 Å². The van der Waals surface area contributed by atoms with Crippen molar-refractivity contribution >= 4 is 0 Å². The lowest BCUT2D eigenvalue weighted by Crippen LogP contribution is -2.35. The van der Waals surface area contributed by atoms with Crippen LogP contribution in [0.3, 0.4) is 0 Å². The summed E-state index contributed by atoms with van der Waals surface area (Å²) in [6.07, 6.45) is 3.99. The van der Waals surface area contributed by atoms with Gasteiger partial charge in [-0.15, -0.1) is 0 Å². The van der Waals surface area contributed by atoms with E-state index < -0.39 is 0 Å². The van der Waals surface area contributed by atoms with Crippen LogP contribution in [0.25, 0.3) is 0 Å². The molecule has 0 spiro atoms. The largest absolute Gasteiger partial charge is 0.310 e. The van der Waals surface area contributed by atoms with Crippen LogP contribution in [0.4, 0.5) is 0 Å². The number of rotatable bonds is 1. The average Bonchev–Trinajstić information content (AvgIpc) is 2.73. The topological polar surface area (TPSA) is 15.3 Å². The summed E-state index contributed by atoms with van der Waals surface area (Å²) in [6, 6.07) is 11.7. The summed E-state index contributed by atoms with van der Waals surface area (Å²) in [5.74, 6) is 6.55. The van der Waals surface area contributed by atoms with E-state index in [1.54, 1.807) is 0 Å². The Balaban J connectivity index is 1.56. The molecule has 2 unspecified atom stereocenters. The van der Waals surface area contributed by atoms with Gasteiger partial charge in [0, 0.05) is 30.7 Å². The minimum Gasteiger partial charge on any atom is -0.310 e. The number of hydrogen-bond donors (Lipinski definition) is 1. The van der Waals surface area contributed by atoms with Crippen LogP contribution in [0.1, 0.15) is 24.8 Å². The Hall–Kier alpha value is -1.30. The molecule has 3 rings (SSSR count). The molecule has 2 aliphatic rings. The Kier molecular flexibility index (Phi) is 3.64. The van der Waals surface area contributed by atoms with Crippen LogP contribution in [0.2, 0.25) is 0 Å². The Morgan fingerprint density at radius 2 is 1.94 bits per heavy atom. The van der Waals surface area contributed by atoms with Gasteiger partial charge in [0.05, 0.1) is 6.54 Å². The molecule has 0 amide bonds. The third-order valence-electron chi connectivity index (χ3n) is 3.92. The van der Waals surface area contributed by atoms with Crippen LogP contribution in [0.5, 0.6) is 0 Å². The van der Waals surface area contributed by atoms with Crippen LogP contribution in [-0.2, 0) is 0 Å². The lowest BCUT2D eigenvalue weighted by Gasteiger charge is -2.21. The monoisotopic (exact) mass is 240 g/mol. The maximum Gasteiger partial charge on any atom is 0.0605 e. The summed E-state index contributed by atoms with van der Waals surface area (Å²) in [5, 5.41) is 3.70. The van der Waals surface area contributed by atoms with Gasteiger partial charge in [-0.25, -0.2) is 0 Å². The van der Waals surface area contributed by atoms with E-state index in [0.29, 0.717) is 6.04 Å². The molecule has 0 radical (unpaired) electrons. The van der Waals surface area contributed by atoms with Gasteiger partial charge in [0.15, 0.2) is 0 Å². The van der Waals surface area contributed by atoms with Gasteiger partial charge in [0.1, 0.15) is 0 Å². The zero-order chi connectivity index (χ0) is 12.2. The zero-order valence-electron chi connectivity index (χ0n) is 10.7. The molecule has 18 heavy (non-hydrogen) atoms. The Bertz CT molecular complexity index is 443. The second-order valence-electron chi connectivity index (χ2n) is 5.33. The molecule has 2 fully saturated rings. The lowest BCUT2D eigenvalue weighted by atomic mass is 10.1. The molecule has 1 N–H and O–H groups in total. The quantitative estimate of drug-likeness (QED) is 0.754. The van der Waals surface area contributed by atoms with E-state index in [1.165, 1.54) is 32.4 Å². The first kappa shape index (κ1) is 11.8. The van der Waals surface area contributed by atoms with Crippen molar-refractivity contribution in [2.75, 3.05) is 19.6 Å². The van der Waals surface area contributed by atoms with Gasteiger partial charge in [-0.05, 0) is 31.4 Å². The fourth-order valence-corrected chi connectivity index (χ4v) is 2.93. The summed E-state index contributed by atoms with van der Waals surface area (Å²) in [4.78, 5) is 2.49. The van der Waals surface area contributed by atoms with Crippen LogP contribution < -0.4 is 5.32 Å². The summed E-state index contributed by atoms with van der Waals surface area (Å²) in [7, 11) is 0. The average molecular weight is 240 g/mol. The van der Waals surface area contributed by atoms with Crippen LogP contribution >= 0.6 is 0 Å². The lowest BCUT2D eigenvalue weighted by molar-refractivity contribution is 0.289. The summed E-state index contributed by atoms with van der Waals surface area (Å²) in [5.41, 5.74) is 1.12. The second-order valence-corrected chi connectivity index (χ2v) is 5.33. The number of nitrogens with one attached hydrogen (secondary N) is 1. The third-order valence-corrected chi connectivity index (χ3v) is 3.92. The Labute approximate surface area is 109 Å². The van der Waals surface area contributed by atoms with Crippen molar-refractivity contribution in [1.29, 1.82) is 0 Å². The molecular formula is C16H20N2. The molecule has 0 aromatic heterocycles. The van der Waals surface area contributed by atoms with Gasteiger partial charge in [-0.2, -0.15) is 0 Å². The van der Waals surface area contributed by atoms with Crippen molar-refractivity contribution < 1.29 is 0 Å². The highest BCUT2D eigenvalue weighted by atomic mass is 15.2. The van der Waals surface area contributed by atoms with Crippen molar-refractivity contribution in [2.24, 2.45) is 0 Å². The second kappa shape index (κ2) is 5.56. The highest BCUT2D eigenvalue weighted by Crippen LogP contribution is 2.19. The van der Waals surface area contributed by atoms with Crippen molar-refractivity contribution in [3.8, 4) is 11.8 Å². The molecule has 2 saturated heterocycles. The molecule has 2 heteroatoms. The standard InChI is InChI=1S/C16H20N2/c1-2-5-14(6-3-1)7-4-11-18-12-10-15-8-9-16(13-18)17-15/h1-3,5-6,15-17H,8-13H2. The first-order valence-electron chi connectivity index (χ1n) is 6.92. The maximum atomic E-state index is 3.70. The van der Waals surface area contributed by atoms with Crippen molar-refractivity contribution in [3.63, 3.8) is 0 Å². The van der Waals surface area contributed by atoms with Gasteiger partial charge in [-0.3, -0.25) is 4.90 Å². The predicted molar refractivity (Wildman–Crippen MR) is 74.3 cm³/mol. The van der Waals surface area contributed by atoms with Crippen molar-refractivity contribution in [2.45, 2.75) is 31.3 Å². The minimum absolute atomic E-state index is 0.705. The summed E-state index contributed by atoms with van der Waals surface area (Å²) < 4.78 is 0. The minimum atomic E-state index is 0.705. The molecular weight excluding hydrogens is 220 g/mol. The highest BCUT2D eigenvalue weighted by Gasteiger charge is 2.28. The van der Waals surface area contributed by atoms with Gasteiger partial charge in [-0.1, -0.05) is 30.0 Å². The SMILES string of the molecule is C(#Cc1ccccc1)CN1CCC2CCC(C1)N2. The van der Waals surface area contributed by atoms with E-state index in [9.17, 15) is 0 Å². The van der Waals surface area contributed by atoms with E-state index in [0.717, 1.165) is 18.2 Å². The Morgan fingerprint density at radius 1 is 1.11 bits per heavy atom. The molecule has 2 atom stereocenters. The molecule has 0 aliphatic carbocycles. The van der Waals surface area contributed by atoms with Crippen molar-refractivity contribution in [3.05, 3.63) is 35.9 Å². The van der Waals surface area contributed by atoms with Gasteiger partial charge in [0.25, 0.3) is 0 Å². The number of nitrogens with zero attached hydrogens (tertiary/aromatic N) is 1. The number of hydrogen-bond acceptors (Lipinski definition) is 2. The molecule has 2 aliphatic heterocycles. The van der Waals surface area contributed by atoms with E-state index in [1.807, 2.05) is 18.2 Å². The van der Waals surface area contributed by atoms with E-state index in [2.05, 4.69) is 34.2 Å². The molecule has 1 aromatic rings. The maximum absolute atomic E-state index is 3.70. The first-order chi connectivity index (χ1) is 8.90. The van der Waals surface area contributed by atoms with E-state index >= 15 is 0 Å². The zero-order valence-corrected chi connectivity index (χ0v) is 10.7. The normalized spacial score (nSPS) is 27.3. The molecule has 1 aromatic carbocycles. The molecule has 0 saturated carbocycles. The summed E-state index contributed by atoms with van der Waals surface area (Å²) in [6.45, 7) is 3.26. The van der Waals surface area contributed by atoms with Gasteiger partial charge in [0.2, 0.25) is 0 Å². The van der Waals surface area contributed by atoms with Gasteiger partial charge >= 0.3 is 0 Å². The van der Waals surface area contributed by atoms with Crippen LogP contribution in [0.15, 0.2) is 30.3 Å². The number of benzene rings is 1. The van der Waals surface area contributed by atoms with Crippen LogP contribution in [-0.4, -0.2) is 36.6 Å². The summed E-state index contributed by atoms with van der Waals surface area (Å²) >= 11 is 0. The first-order valence-corrected chi connectivity index (χ1v) is 6.92. The fraction of sp³-hybridized carbons (Fsp3) is 0.500.